The first kappa shape index (κ1) is 19.8. The lowest BCUT2D eigenvalue weighted by atomic mass is 9.75. The third-order valence-electron chi connectivity index (χ3n) is 3.58. The van der Waals surface area contributed by atoms with Gasteiger partial charge in [0, 0.05) is 0 Å². The minimum Gasteiger partial charge on any atom is -0.481 e. The number of imide groups is 2. The van der Waals surface area contributed by atoms with Crippen molar-refractivity contribution in [2.75, 3.05) is 0 Å². The number of hydrogen-bond acceptors (Lipinski definition) is 5. The molecule has 1 aliphatic rings. The summed E-state index contributed by atoms with van der Waals surface area (Å²) in [6.07, 6.45) is -0.299. The highest BCUT2D eigenvalue weighted by Gasteiger charge is 2.50. The molecule has 1 aromatic rings. The van der Waals surface area contributed by atoms with Gasteiger partial charge in [-0.3, -0.25) is 29.8 Å². The molecule has 0 bridgehead atoms. The van der Waals surface area contributed by atoms with Crippen molar-refractivity contribution >= 4 is 29.8 Å². The molecule has 25 heavy (non-hydrogen) atoms. The van der Waals surface area contributed by atoms with Crippen molar-refractivity contribution in [2.24, 2.45) is 0 Å². The molecule has 1 aliphatic heterocycles. The highest BCUT2D eigenvalue weighted by molar-refractivity contribution is 6.22. The second-order valence-electron chi connectivity index (χ2n) is 5.15. The third-order valence-corrected chi connectivity index (χ3v) is 3.58. The van der Waals surface area contributed by atoms with Gasteiger partial charge >= 0.3 is 18.0 Å². The predicted octanol–water partition coefficient (Wildman–Crippen LogP) is 0.636. The van der Waals surface area contributed by atoms with Gasteiger partial charge in [0.15, 0.2) is 5.41 Å². The smallest absolute Gasteiger partial charge is 0.328 e. The SMILES string of the molecule is CCC1(c2ccccc2)C(=O)NC(=O)NC1=O.O=C(O)CCC(=O)O. The van der Waals surface area contributed by atoms with Gasteiger partial charge in [0.1, 0.15) is 0 Å². The summed E-state index contributed by atoms with van der Waals surface area (Å²) >= 11 is 0. The molecule has 0 saturated carbocycles. The summed E-state index contributed by atoms with van der Waals surface area (Å²) in [5.74, 6) is -3.29. The van der Waals surface area contributed by atoms with Gasteiger partial charge in [-0.05, 0) is 12.0 Å². The number of urea groups is 1. The zero-order valence-corrected chi connectivity index (χ0v) is 13.4. The van der Waals surface area contributed by atoms with Crippen molar-refractivity contribution < 1.29 is 34.2 Å². The van der Waals surface area contributed by atoms with Crippen LogP contribution >= 0.6 is 0 Å². The van der Waals surface area contributed by atoms with E-state index in [1.165, 1.54) is 0 Å². The van der Waals surface area contributed by atoms with Crippen molar-refractivity contribution in [1.82, 2.24) is 10.6 Å². The Morgan fingerprint density at radius 1 is 0.920 bits per heavy atom. The van der Waals surface area contributed by atoms with Crippen LogP contribution in [0.2, 0.25) is 0 Å². The Kier molecular flexibility index (Phi) is 6.80. The van der Waals surface area contributed by atoms with Crippen LogP contribution in [0.5, 0.6) is 0 Å². The van der Waals surface area contributed by atoms with E-state index in [0.717, 1.165) is 0 Å². The summed E-state index contributed by atoms with van der Waals surface area (Å²) in [5, 5.41) is 20.1. The minimum atomic E-state index is -1.31. The molecule has 1 saturated heterocycles. The first-order valence-electron chi connectivity index (χ1n) is 7.40. The summed E-state index contributed by atoms with van der Waals surface area (Å²) in [6, 6.07) is 7.96. The Morgan fingerprint density at radius 3 is 1.72 bits per heavy atom. The van der Waals surface area contributed by atoms with Crippen LogP contribution in [-0.2, 0) is 24.6 Å². The molecule has 0 aliphatic carbocycles. The number of rotatable bonds is 5. The van der Waals surface area contributed by atoms with Crippen LogP contribution < -0.4 is 10.6 Å². The summed E-state index contributed by atoms with van der Waals surface area (Å²) in [4.78, 5) is 54.3. The maximum absolute atomic E-state index is 12.0. The van der Waals surface area contributed by atoms with Crippen LogP contribution in [0.25, 0.3) is 0 Å². The Labute approximate surface area is 143 Å². The van der Waals surface area contributed by atoms with Crippen LogP contribution in [0.1, 0.15) is 31.7 Å². The maximum atomic E-state index is 12.0. The van der Waals surface area contributed by atoms with Gasteiger partial charge in [-0.25, -0.2) is 4.79 Å². The number of aliphatic carboxylic acids is 2. The molecule has 0 spiro atoms. The zero-order valence-electron chi connectivity index (χ0n) is 13.4. The third kappa shape index (κ3) is 4.87. The van der Waals surface area contributed by atoms with Gasteiger partial charge in [-0.15, -0.1) is 0 Å². The summed E-state index contributed by atoms with van der Waals surface area (Å²) in [6.45, 7) is 1.74. The molecule has 0 aromatic heterocycles. The summed E-state index contributed by atoms with van der Waals surface area (Å²) in [7, 11) is 0. The Bertz CT molecular complexity index is 651. The second-order valence-corrected chi connectivity index (χ2v) is 5.15. The van der Waals surface area contributed by atoms with Crippen molar-refractivity contribution in [3.8, 4) is 0 Å². The average molecular weight is 350 g/mol. The topological polar surface area (TPSA) is 150 Å². The number of nitrogens with one attached hydrogen (secondary N) is 2. The molecule has 9 heteroatoms. The van der Waals surface area contributed by atoms with Crippen LogP contribution in [-0.4, -0.2) is 40.0 Å². The highest BCUT2D eigenvalue weighted by atomic mass is 16.4. The average Bonchev–Trinajstić information content (AvgIpc) is 2.55. The number of barbiturate groups is 1. The monoisotopic (exact) mass is 350 g/mol. The van der Waals surface area contributed by atoms with Crippen LogP contribution in [0, 0.1) is 0 Å². The fourth-order valence-electron chi connectivity index (χ4n) is 2.28. The maximum Gasteiger partial charge on any atom is 0.328 e. The minimum absolute atomic E-state index is 0.294. The van der Waals surface area contributed by atoms with E-state index in [1.54, 1.807) is 37.3 Å². The number of carbonyl (C=O) groups is 5. The fraction of sp³-hybridized carbons (Fsp3) is 0.312. The lowest BCUT2D eigenvalue weighted by Gasteiger charge is -2.33. The number of carboxylic acids is 2. The van der Waals surface area contributed by atoms with E-state index in [0.29, 0.717) is 12.0 Å². The number of amides is 4. The number of carboxylic acid groups (broad SMARTS) is 2. The van der Waals surface area contributed by atoms with Gasteiger partial charge in [-0.2, -0.15) is 0 Å². The lowest BCUT2D eigenvalue weighted by Crippen LogP contribution is -2.64. The van der Waals surface area contributed by atoms with Crippen LogP contribution in [0.4, 0.5) is 4.79 Å². The molecule has 4 N–H and O–H groups in total. The van der Waals surface area contributed by atoms with Crippen molar-refractivity contribution in [1.29, 1.82) is 0 Å². The number of benzene rings is 1. The van der Waals surface area contributed by atoms with E-state index in [-0.39, 0.29) is 12.8 Å². The Morgan fingerprint density at radius 2 is 1.36 bits per heavy atom. The van der Waals surface area contributed by atoms with Crippen LogP contribution in [0.15, 0.2) is 30.3 Å². The molecular formula is C16H18N2O7. The van der Waals surface area contributed by atoms with Gasteiger partial charge in [0.25, 0.3) is 0 Å². The van der Waals surface area contributed by atoms with E-state index in [2.05, 4.69) is 10.6 Å². The first-order chi connectivity index (χ1) is 11.7. The standard InChI is InChI=1S/C12H12N2O3.C4H6O4/c1-2-12(8-6-4-3-5-7-8)9(15)13-11(17)14-10(12)16;5-3(6)1-2-4(7)8/h3-7H,2H2,1H3,(H2,13,14,15,16,17);1-2H2,(H,5,6)(H,7,8). The van der Waals surface area contributed by atoms with Crippen LogP contribution in [0.3, 0.4) is 0 Å². The summed E-state index contributed by atoms with van der Waals surface area (Å²) < 4.78 is 0. The molecule has 1 fully saturated rings. The molecule has 1 heterocycles. The normalized spacial score (nSPS) is 15.3. The van der Waals surface area contributed by atoms with E-state index in [1.807, 2.05) is 0 Å². The van der Waals surface area contributed by atoms with E-state index < -0.39 is 35.2 Å². The van der Waals surface area contributed by atoms with E-state index >= 15 is 0 Å². The summed E-state index contributed by atoms with van der Waals surface area (Å²) in [5.41, 5.74) is -0.722. The van der Waals surface area contributed by atoms with Crippen molar-refractivity contribution in [2.45, 2.75) is 31.6 Å². The Hall–Kier alpha value is -3.23. The van der Waals surface area contributed by atoms with Gasteiger partial charge in [-0.1, -0.05) is 37.3 Å². The molecule has 9 nitrogen and oxygen atoms in total. The molecule has 0 radical (unpaired) electrons. The lowest BCUT2D eigenvalue weighted by molar-refractivity contribution is -0.143. The molecule has 0 unspecified atom stereocenters. The zero-order chi connectivity index (χ0) is 19.0. The number of carbonyl (C=O) groups excluding carboxylic acids is 3. The van der Waals surface area contributed by atoms with Crippen molar-refractivity contribution in [3.63, 3.8) is 0 Å². The van der Waals surface area contributed by atoms with Crippen molar-refractivity contribution in [3.05, 3.63) is 35.9 Å². The molecule has 2 rings (SSSR count). The molecule has 134 valence electrons. The highest BCUT2D eigenvalue weighted by Crippen LogP contribution is 2.30. The van der Waals surface area contributed by atoms with Gasteiger partial charge in [0.05, 0.1) is 12.8 Å². The van der Waals surface area contributed by atoms with Gasteiger partial charge < -0.3 is 10.2 Å². The van der Waals surface area contributed by atoms with Gasteiger partial charge in [0.2, 0.25) is 11.8 Å². The molecular weight excluding hydrogens is 332 g/mol. The second kappa shape index (κ2) is 8.57. The predicted molar refractivity (Wildman–Crippen MR) is 84.6 cm³/mol. The Balaban J connectivity index is 0.000000333. The van der Waals surface area contributed by atoms with E-state index in [4.69, 9.17) is 10.2 Å². The molecule has 0 atom stereocenters. The quantitative estimate of drug-likeness (QED) is 0.569. The number of hydrogen-bond donors (Lipinski definition) is 4. The molecule has 4 amide bonds. The van der Waals surface area contributed by atoms with E-state index in [9.17, 15) is 24.0 Å². The first-order valence-corrected chi connectivity index (χ1v) is 7.40. The molecule has 1 aromatic carbocycles. The largest absolute Gasteiger partial charge is 0.481 e. The fourth-order valence-corrected chi connectivity index (χ4v) is 2.28.